The van der Waals surface area contributed by atoms with E-state index in [9.17, 15) is 0 Å². The summed E-state index contributed by atoms with van der Waals surface area (Å²) in [5.41, 5.74) is 6.27. The summed E-state index contributed by atoms with van der Waals surface area (Å²) in [6, 6.07) is 10.5. The maximum Gasteiger partial charge on any atom is 0.273 e. The van der Waals surface area contributed by atoms with Crippen molar-refractivity contribution in [3.63, 3.8) is 0 Å². The van der Waals surface area contributed by atoms with Gasteiger partial charge in [-0.3, -0.25) is 5.32 Å². The first-order valence-electron chi connectivity index (χ1n) is 5.26. The molecule has 3 nitrogen and oxygen atoms in total. The number of aromatic nitrogens is 1. The van der Waals surface area contributed by atoms with Gasteiger partial charge in [0.15, 0.2) is 0 Å². The van der Waals surface area contributed by atoms with Crippen LogP contribution in [0.5, 0.6) is 0 Å². The van der Waals surface area contributed by atoms with Crippen LogP contribution in [0.3, 0.4) is 0 Å². The standard InChI is InChI=1S/C12H15N3/c1-9-8-12(14-7-6-13)15-11-5-3-2-4-10(9)11/h2-5,8H,6-7,13H2,1H3,(H,14,15)/p+2. The number of para-hydroxylation sites is 1. The molecule has 0 unspecified atom stereocenters. The Bertz CT molecular complexity index is 465. The first-order valence-corrected chi connectivity index (χ1v) is 5.26. The first kappa shape index (κ1) is 9.93. The van der Waals surface area contributed by atoms with E-state index in [1.54, 1.807) is 0 Å². The Morgan fingerprint density at radius 1 is 1.33 bits per heavy atom. The average Bonchev–Trinajstić information content (AvgIpc) is 2.26. The fourth-order valence-corrected chi connectivity index (χ4v) is 1.73. The summed E-state index contributed by atoms with van der Waals surface area (Å²) < 4.78 is 0. The Kier molecular flexibility index (Phi) is 2.83. The summed E-state index contributed by atoms with van der Waals surface area (Å²) in [7, 11) is 0. The molecule has 0 saturated heterocycles. The number of aryl methyl sites for hydroxylation is 1. The molecule has 0 aliphatic carbocycles. The van der Waals surface area contributed by atoms with Gasteiger partial charge >= 0.3 is 0 Å². The van der Waals surface area contributed by atoms with Crippen LogP contribution in [-0.4, -0.2) is 13.1 Å². The molecule has 2 aromatic rings. The van der Waals surface area contributed by atoms with Crippen molar-refractivity contribution < 1.29 is 10.7 Å². The summed E-state index contributed by atoms with van der Waals surface area (Å²) >= 11 is 0. The topological polar surface area (TPSA) is 53.8 Å². The van der Waals surface area contributed by atoms with E-state index < -0.39 is 0 Å². The second kappa shape index (κ2) is 4.28. The van der Waals surface area contributed by atoms with Gasteiger partial charge in [0.05, 0.1) is 0 Å². The molecule has 0 radical (unpaired) electrons. The molecule has 1 aromatic carbocycles. The average molecular weight is 203 g/mol. The normalized spacial score (nSPS) is 10.5. The number of nitrogens with one attached hydrogen (secondary N) is 2. The maximum atomic E-state index is 3.81. The van der Waals surface area contributed by atoms with Gasteiger partial charge < -0.3 is 5.73 Å². The largest absolute Gasteiger partial charge is 0.354 e. The molecule has 0 saturated carbocycles. The highest BCUT2D eigenvalue weighted by atomic mass is 15.0. The molecule has 0 bridgehead atoms. The number of fused-ring (bicyclic) bond motifs is 1. The number of H-pyrrole nitrogens is 1. The van der Waals surface area contributed by atoms with Gasteiger partial charge in [-0.1, -0.05) is 18.2 Å². The number of pyridine rings is 1. The first-order chi connectivity index (χ1) is 7.31. The van der Waals surface area contributed by atoms with E-state index >= 15 is 0 Å². The van der Waals surface area contributed by atoms with Gasteiger partial charge in [0.25, 0.3) is 5.82 Å². The smallest absolute Gasteiger partial charge is 0.273 e. The predicted molar refractivity (Wildman–Crippen MR) is 61.5 cm³/mol. The van der Waals surface area contributed by atoms with Gasteiger partial charge in [0, 0.05) is 11.5 Å². The molecule has 1 heterocycles. The molecule has 5 N–H and O–H groups in total. The van der Waals surface area contributed by atoms with Crippen LogP contribution in [0.25, 0.3) is 10.9 Å². The number of anilines is 1. The van der Waals surface area contributed by atoms with Gasteiger partial charge in [-0.25, -0.2) is 4.98 Å². The third-order valence-electron chi connectivity index (χ3n) is 2.47. The molecule has 0 amide bonds. The van der Waals surface area contributed by atoms with E-state index in [0.29, 0.717) is 0 Å². The minimum atomic E-state index is 0.889. The molecule has 0 aliphatic rings. The lowest BCUT2D eigenvalue weighted by Gasteiger charge is -2.02. The predicted octanol–water partition coefficient (Wildman–Crippen LogP) is 0.616. The zero-order valence-electron chi connectivity index (χ0n) is 9.01. The van der Waals surface area contributed by atoms with Gasteiger partial charge in [-0.2, -0.15) is 0 Å². The van der Waals surface area contributed by atoms with Gasteiger partial charge in [-0.05, 0) is 18.6 Å². The van der Waals surface area contributed by atoms with Gasteiger partial charge in [0.2, 0.25) is 0 Å². The molecule has 78 valence electrons. The van der Waals surface area contributed by atoms with Crippen molar-refractivity contribution in [3.05, 3.63) is 35.9 Å². The lowest BCUT2D eigenvalue weighted by Crippen LogP contribution is -2.53. The Morgan fingerprint density at radius 2 is 2.13 bits per heavy atom. The highest BCUT2D eigenvalue weighted by molar-refractivity contribution is 5.79. The monoisotopic (exact) mass is 203 g/mol. The molecule has 0 aliphatic heterocycles. The maximum absolute atomic E-state index is 3.81. The van der Waals surface area contributed by atoms with Crippen molar-refractivity contribution in [2.75, 3.05) is 18.4 Å². The summed E-state index contributed by atoms with van der Waals surface area (Å²) in [6.07, 6.45) is 0. The number of hydrogen-bond acceptors (Lipinski definition) is 1. The Hall–Kier alpha value is -1.61. The van der Waals surface area contributed by atoms with Crippen LogP contribution in [0.4, 0.5) is 5.82 Å². The van der Waals surface area contributed by atoms with E-state index in [1.807, 2.05) is 6.07 Å². The molecule has 1 aromatic heterocycles. The van der Waals surface area contributed by atoms with Crippen LogP contribution in [-0.2, 0) is 0 Å². The van der Waals surface area contributed by atoms with Gasteiger partial charge in [-0.15, -0.1) is 0 Å². The van der Waals surface area contributed by atoms with Crippen LogP contribution < -0.4 is 16.0 Å². The quantitative estimate of drug-likeness (QED) is 0.754. The third kappa shape index (κ3) is 2.07. The lowest BCUT2D eigenvalue weighted by atomic mass is 10.1. The van der Waals surface area contributed by atoms with Crippen LogP contribution >= 0.6 is 0 Å². The third-order valence-corrected chi connectivity index (χ3v) is 2.47. The molecule has 0 atom stereocenters. The summed E-state index contributed by atoms with van der Waals surface area (Å²) in [6.45, 7) is 3.92. The zero-order chi connectivity index (χ0) is 10.7. The molecule has 15 heavy (non-hydrogen) atoms. The van der Waals surface area contributed by atoms with Crippen LogP contribution in [0.2, 0.25) is 0 Å². The minimum Gasteiger partial charge on any atom is -0.354 e. The van der Waals surface area contributed by atoms with E-state index in [1.165, 1.54) is 16.5 Å². The van der Waals surface area contributed by atoms with Crippen molar-refractivity contribution in [2.24, 2.45) is 0 Å². The van der Waals surface area contributed by atoms with E-state index in [-0.39, 0.29) is 0 Å². The van der Waals surface area contributed by atoms with Crippen LogP contribution in [0.15, 0.2) is 30.3 Å². The molecule has 0 spiro atoms. The van der Waals surface area contributed by atoms with Crippen molar-refractivity contribution in [1.82, 2.24) is 0 Å². The highest BCUT2D eigenvalue weighted by Crippen LogP contribution is 2.15. The molecule has 0 fully saturated rings. The second-order valence-electron chi connectivity index (χ2n) is 3.69. The van der Waals surface area contributed by atoms with E-state index in [0.717, 1.165) is 18.9 Å². The molecular weight excluding hydrogens is 186 g/mol. The SMILES string of the molecule is Cc1cc(NCC[NH3+])[nH+]c2ccccc12. The minimum absolute atomic E-state index is 0.889. The lowest BCUT2D eigenvalue weighted by molar-refractivity contribution is -0.364. The Morgan fingerprint density at radius 3 is 2.93 bits per heavy atom. The van der Waals surface area contributed by atoms with Crippen LogP contribution in [0.1, 0.15) is 5.56 Å². The van der Waals surface area contributed by atoms with Gasteiger partial charge in [0.1, 0.15) is 18.6 Å². The number of hydrogen-bond donors (Lipinski definition) is 2. The molecule has 3 heteroatoms. The highest BCUT2D eigenvalue weighted by Gasteiger charge is 2.05. The Labute approximate surface area is 89.3 Å². The fourth-order valence-electron chi connectivity index (χ4n) is 1.73. The zero-order valence-corrected chi connectivity index (χ0v) is 9.01. The number of benzene rings is 1. The fraction of sp³-hybridized carbons (Fsp3) is 0.250. The summed E-state index contributed by atoms with van der Waals surface area (Å²) in [5.74, 6) is 1.06. The number of aromatic amines is 1. The molecule has 2 rings (SSSR count). The van der Waals surface area contributed by atoms with E-state index in [2.05, 4.69) is 47.2 Å². The number of quaternary nitrogens is 1. The van der Waals surface area contributed by atoms with Crippen molar-refractivity contribution in [1.29, 1.82) is 0 Å². The van der Waals surface area contributed by atoms with Crippen molar-refractivity contribution >= 4 is 16.7 Å². The Balaban J connectivity index is 2.43. The molecular formula is C12H17N3+2. The second-order valence-corrected chi connectivity index (χ2v) is 3.69. The van der Waals surface area contributed by atoms with Crippen molar-refractivity contribution in [3.8, 4) is 0 Å². The van der Waals surface area contributed by atoms with Crippen molar-refractivity contribution in [2.45, 2.75) is 6.92 Å². The number of rotatable bonds is 3. The summed E-state index contributed by atoms with van der Waals surface area (Å²) in [4.78, 5) is 3.36. The van der Waals surface area contributed by atoms with Crippen LogP contribution in [0, 0.1) is 6.92 Å². The summed E-state index contributed by atoms with van der Waals surface area (Å²) in [5, 5.41) is 4.58. The van der Waals surface area contributed by atoms with E-state index in [4.69, 9.17) is 0 Å².